The monoisotopic (exact) mass is 580 g/mol. The van der Waals surface area contributed by atoms with E-state index in [1.165, 1.54) is 19.2 Å². The lowest BCUT2D eigenvalue weighted by molar-refractivity contribution is 0.0891. The summed E-state index contributed by atoms with van der Waals surface area (Å²) in [6.45, 7) is 1.90. The van der Waals surface area contributed by atoms with Crippen LogP contribution in [0.3, 0.4) is 0 Å². The van der Waals surface area contributed by atoms with Crippen LogP contribution in [0.1, 0.15) is 46.4 Å². The molecule has 2 N–H and O–H groups in total. The van der Waals surface area contributed by atoms with Crippen molar-refractivity contribution in [2.75, 3.05) is 44.8 Å². The van der Waals surface area contributed by atoms with Gasteiger partial charge in [-0.1, -0.05) is 12.1 Å². The molecule has 12 heteroatoms. The first-order chi connectivity index (χ1) is 20.4. The summed E-state index contributed by atoms with van der Waals surface area (Å²) in [4.78, 5) is 40.4. The molecule has 3 aromatic rings. The van der Waals surface area contributed by atoms with E-state index in [1.807, 2.05) is 0 Å². The van der Waals surface area contributed by atoms with Crippen LogP contribution in [0.4, 0.5) is 14.7 Å². The summed E-state index contributed by atoms with van der Waals surface area (Å²) in [5, 5.41) is 5.26. The standard InChI is InChI=1S/C30H34F2N6O4/c1-41-24-12-23(13-25(14-24)42-17-20-5-6-20)29(40)33-15-19-7-9-38(10-8-19)30-36-18-35-27(37-30)21-3-2-4-22(11-21)28(39)34-16-26(31)32/h2-4,11-14,18-20,26H,5-10,15-17H2,1H3,(H,33,40)(H,34,39). The van der Waals surface area contributed by atoms with Crippen LogP contribution in [0.5, 0.6) is 11.5 Å². The number of methoxy groups -OCH3 is 1. The number of nitrogens with one attached hydrogen (secondary N) is 2. The molecule has 1 aromatic heterocycles. The van der Waals surface area contributed by atoms with Crippen LogP contribution >= 0.6 is 0 Å². The van der Waals surface area contributed by atoms with Crippen molar-refractivity contribution in [1.82, 2.24) is 25.6 Å². The van der Waals surface area contributed by atoms with Crippen molar-refractivity contribution < 1.29 is 27.8 Å². The lowest BCUT2D eigenvalue weighted by Crippen LogP contribution is -2.39. The molecule has 2 amide bonds. The van der Waals surface area contributed by atoms with E-state index in [9.17, 15) is 18.4 Å². The second kappa shape index (κ2) is 13.5. The van der Waals surface area contributed by atoms with Crippen molar-refractivity contribution in [3.63, 3.8) is 0 Å². The topological polar surface area (TPSA) is 119 Å². The average Bonchev–Trinajstić information content (AvgIpc) is 3.86. The van der Waals surface area contributed by atoms with Crippen LogP contribution in [0.2, 0.25) is 0 Å². The first-order valence-corrected chi connectivity index (χ1v) is 14.1. The summed E-state index contributed by atoms with van der Waals surface area (Å²) in [6, 6.07) is 11.8. The van der Waals surface area contributed by atoms with Crippen LogP contribution in [0, 0.1) is 11.8 Å². The average molecular weight is 581 g/mol. The fourth-order valence-electron chi connectivity index (χ4n) is 4.73. The quantitative estimate of drug-likeness (QED) is 0.330. The Morgan fingerprint density at radius 2 is 1.71 bits per heavy atom. The highest BCUT2D eigenvalue weighted by atomic mass is 19.3. The molecule has 0 spiro atoms. The fourth-order valence-corrected chi connectivity index (χ4v) is 4.73. The van der Waals surface area contributed by atoms with Crippen molar-refractivity contribution in [3.8, 4) is 22.9 Å². The number of benzene rings is 2. The third kappa shape index (κ3) is 7.89. The Morgan fingerprint density at radius 1 is 0.952 bits per heavy atom. The van der Waals surface area contributed by atoms with E-state index < -0.39 is 18.9 Å². The number of hydrogen-bond acceptors (Lipinski definition) is 8. The molecule has 5 rings (SSSR count). The highest BCUT2D eigenvalue weighted by molar-refractivity contribution is 5.95. The van der Waals surface area contributed by atoms with E-state index >= 15 is 0 Å². The number of anilines is 1. The van der Waals surface area contributed by atoms with Gasteiger partial charge in [-0.25, -0.2) is 18.7 Å². The van der Waals surface area contributed by atoms with Crippen LogP contribution in [-0.4, -0.2) is 73.1 Å². The second-order valence-electron chi connectivity index (χ2n) is 10.6. The van der Waals surface area contributed by atoms with Gasteiger partial charge in [-0.05, 0) is 61.8 Å². The largest absolute Gasteiger partial charge is 0.497 e. The molecule has 2 aromatic carbocycles. The van der Waals surface area contributed by atoms with E-state index in [0.717, 1.165) is 12.8 Å². The predicted octanol–water partition coefficient (Wildman–Crippen LogP) is 3.98. The predicted molar refractivity (Wildman–Crippen MR) is 152 cm³/mol. The van der Waals surface area contributed by atoms with Crippen molar-refractivity contribution in [2.45, 2.75) is 32.1 Å². The molecule has 42 heavy (non-hydrogen) atoms. The molecular weight excluding hydrogens is 546 g/mol. The summed E-state index contributed by atoms with van der Waals surface area (Å²) >= 11 is 0. The number of amides is 2. The molecule has 2 fully saturated rings. The number of hydrogen-bond donors (Lipinski definition) is 2. The Hall–Kier alpha value is -4.35. The maximum atomic E-state index is 12.9. The van der Waals surface area contributed by atoms with E-state index in [4.69, 9.17) is 9.47 Å². The minimum atomic E-state index is -2.62. The lowest BCUT2D eigenvalue weighted by Gasteiger charge is -2.32. The van der Waals surface area contributed by atoms with Crippen molar-refractivity contribution >= 4 is 17.8 Å². The molecule has 1 saturated carbocycles. The molecule has 1 aliphatic heterocycles. The summed E-state index contributed by atoms with van der Waals surface area (Å²) in [5.74, 6) is 2.27. The van der Waals surface area contributed by atoms with E-state index in [2.05, 4.69) is 30.5 Å². The SMILES string of the molecule is COc1cc(OCC2CC2)cc(C(=O)NCC2CCN(c3ncnc(-c4cccc(C(=O)NCC(F)F)c4)n3)CC2)c1. The zero-order chi connectivity index (χ0) is 29.5. The Balaban J connectivity index is 1.14. The molecular formula is C30H34F2N6O4. The van der Waals surface area contributed by atoms with Gasteiger partial charge in [-0.3, -0.25) is 9.59 Å². The number of rotatable bonds is 12. The van der Waals surface area contributed by atoms with Crippen LogP contribution < -0.4 is 25.0 Å². The van der Waals surface area contributed by atoms with Gasteiger partial charge in [0.1, 0.15) is 17.8 Å². The van der Waals surface area contributed by atoms with Crippen molar-refractivity contribution in [3.05, 3.63) is 59.9 Å². The van der Waals surface area contributed by atoms with Gasteiger partial charge >= 0.3 is 0 Å². The van der Waals surface area contributed by atoms with Gasteiger partial charge in [0.05, 0.1) is 20.3 Å². The minimum absolute atomic E-state index is 0.167. The molecule has 2 heterocycles. The highest BCUT2D eigenvalue weighted by Crippen LogP contribution is 2.31. The van der Waals surface area contributed by atoms with Gasteiger partial charge < -0.3 is 25.0 Å². The first kappa shape index (κ1) is 29.2. The molecule has 0 radical (unpaired) electrons. The maximum absolute atomic E-state index is 12.9. The number of nitrogens with zero attached hydrogens (tertiary/aromatic N) is 4. The van der Waals surface area contributed by atoms with Gasteiger partial charge in [-0.2, -0.15) is 4.98 Å². The number of alkyl halides is 2. The van der Waals surface area contributed by atoms with Crippen LogP contribution in [0.25, 0.3) is 11.4 Å². The van der Waals surface area contributed by atoms with E-state index in [1.54, 1.807) is 49.6 Å². The second-order valence-corrected chi connectivity index (χ2v) is 10.6. The number of ether oxygens (including phenoxy) is 2. The molecule has 0 unspecified atom stereocenters. The summed E-state index contributed by atoms with van der Waals surface area (Å²) in [7, 11) is 1.57. The van der Waals surface area contributed by atoms with Gasteiger partial charge in [0, 0.05) is 42.4 Å². The zero-order valence-corrected chi connectivity index (χ0v) is 23.4. The molecule has 1 saturated heterocycles. The normalized spacial score (nSPS) is 15.4. The minimum Gasteiger partial charge on any atom is -0.497 e. The van der Waals surface area contributed by atoms with Gasteiger partial charge in [0.25, 0.3) is 18.2 Å². The smallest absolute Gasteiger partial charge is 0.255 e. The number of aromatic nitrogens is 3. The summed E-state index contributed by atoms with van der Waals surface area (Å²) in [6.07, 6.45) is 2.85. The number of halogens is 2. The highest BCUT2D eigenvalue weighted by Gasteiger charge is 2.24. The van der Waals surface area contributed by atoms with Crippen LogP contribution in [0.15, 0.2) is 48.8 Å². The Kier molecular flexibility index (Phi) is 9.40. The molecule has 10 nitrogen and oxygen atoms in total. The number of carbonyl (C=O) groups is 2. The number of piperidine rings is 1. The molecule has 2 aliphatic rings. The summed E-state index contributed by atoms with van der Waals surface area (Å²) in [5.41, 5.74) is 1.33. The first-order valence-electron chi connectivity index (χ1n) is 14.1. The summed E-state index contributed by atoms with van der Waals surface area (Å²) < 4.78 is 36.1. The maximum Gasteiger partial charge on any atom is 0.255 e. The molecule has 0 bridgehead atoms. The third-order valence-electron chi connectivity index (χ3n) is 7.37. The van der Waals surface area contributed by atoms with Gasteiger partial charge in [0.2, 0.25) is 5.95 Å². The fraction of sp³-hybridized carbons (Fsp3) is 0.433. The Bertz CT molecular complexity index is 1400. The third-order valence-corrected chi connectivity index (χ3v) is 7.37. The van der Waals surface area contributed by atoms with Crippen molar-refractivity contribution in [1.29, 1.82) is 0 Å². The van der Waals surface area contributed by atoms with Gasteiger partial charge in [0.15, 0.2) is 5.82 Å². The number of carbonyl (C=O) groups excluding carboxylic acids is 2. The molecule has 0 atom stereocenters. The van der Waals surface area contributed by atoms with E-state index in [-0.39, 0.29) is 11.5 Å². The van der Waals surface area contributed by atoms with Crippen molar-refractivity contribution in [2.24, 2.45) is 11.8 Å². The Labute approximate surface area is 242 Å². The zero-order valence-electron chi connectivity index (χ0n) is 23.4. The Morgan fingerprint density at radius 3 is 2.45 bits per heavy atom. The molecule has 1 aliphatic carbocycles. The molecule has 222 valence electrons. The van der Waals surface area contributed by atoms with Gasteiger partial charge in [-0.15, -0.1) is 0 Å². The lowest BCUT2D eigenvalue weighted by atomic mass is 9.97. The van der Waals surface area contributed by atoms with E-state index in [0.29, 0.717) is 72.5 Å². The van der Waals surface area contributed by atoms with Crippen LogP contribution in [-0.2, 0) is 0 Å².